The first kappa shape index (κ1) is 26.1. The minimum atomic E-state index is 0.316. The summed E-state index contributed by atoms with van der Waals surface area (Å²) in [5.41, 5.74) is 12.7. The number of nitrogens with one attached hydrogen (secondary N) is 2. The molecular weight excluding hydrogens is 519 g/mol. The number of rotatable bonds is 7. The van der Waals surface area contributed by atoms with E-state index in [2.05, 4.69) is 20.3 Å². The van der Waals surface area contributed by atoms with Gasteiger partial charge in [-0.25, -0.2) is 9.99 Å². The number of aromatic nitrogens is 4. The van der Waals surface area contributed by atoms with Crippen molar-refractivity contribution in [3.05, 3.63) is 40.1 Å². The molecule has 6 rings (SSSR count). The van der Waals surface area contributed by atoms with Crippen LogP contribution in [0, 0.1) is 5.92 Å². The Hall–Kier alpha value is -2.13. The normalized spacial score (nSPS) is 23.8. The Morgan fingerprint density at radius 3 is 2.32 bits per heavy atom. The summed E-state index contributed by atoms with van der Waals surface area (Å²) in [6, 6.07) is 7.01. The number of piperidine rings is 1. The van der Waals surface area contributed by atoms with Crippen LogP contribution in [0.4, 0.5) is 11.8 Å². The molecule has 4 N–H and O–H groups in total. The van der Waals surface area contributed by atoms with Crippen LogP contribution in [0.2, 0.25) is 10.0 Å². The fourth-order valence-electron chi connectivity index (χ4n) is 6.42. The lowest BCUT2D eigenvalue weighted by molar-refractivity contribution is 0.216. The fraction of sp³-hybridized carbons (Fsp3) is 0.607. The van der Waals surface area contributed by atoms with E-state index in [9.17, 15) is 0 Å². The number of benzene rings is 1. The molecule has 0 atom stereocenters. The summed E-state index contributed by atoms with van der Waals surface area (Å²) in [6.45, 7) is 1.88. The average Bonchev–Trinajstić information content (AvgIpc) is 3.56. The standard InChI is InChI=1S/C28H38Cl2N8/c29-20-14-19(15-21(30)16-20)13-18-9-11-37(12-10-18)36-26-25-27(38(17-32-25)24-3-1-2-4-24)35-28(34-26)33-23-7-5-22(31)6-8-23/h14-18,22-24H,1-13,31H2,(H2,33,34,35,36). The molecule has 0 spiro atoms. The Morgan fingerprint density at radius 1 is 0.895 bits per heavy atom. The van der Waals surface area contributed by atoms with Gasteiger partial charge in [-0.15, -0.1) is 0 Å². The summed E-state index contributed by atoms with van der Waals surface area (Å²) >= 11 is 12.4. The Kier molecular flexibility index (Phi) is 7.93. The van der Waals surface area contributed by atoms with Gasteiger partial charge < -0.3 is 21.0 Å². The van der Waals surface area contributed by atoms with E-state index < -0.39 is 0 Å². The van der Waals surface area contributed by atoms with Crippen LogP contribution in [0.15, 0.2) is 24.5 Å². The number of hydrogen-bond acceptors (Lipinski definition) is 7. The van der Waals surface area contributed by atoms with E-state index in [1.807, 2.05) is 18.5 Å². The highest BCUT2D eigenvalue weighted by Gasteiger charge is 2.26. The largest absolute Gasteiger partial charge is 0.351 e. The van der Waals surface area contributed by atoms with Crippen LogP contribution < -0.4 is 16.5 Å². The first-order chi connectivity index (χ1) is 18.5. The van der Waals surface area contributed by atoms with Crippen LogP contribution in [0.25, 0.3) is 11.2 Å². The molecular formula is C28H38Cl2N8. The molecule has 2 aliphatic carbocycles. The molecule has 0 radical (unpaired) electrons. The monoisotopic (exact) mass is 556 g/mol. The van der Waals surface area contributed by atoms with Gasteiger partial charge in [0.05, 0.1) is 6.33 Å². The average molecular weight is 558 g/mol. The van der Waals surface area contributed by atoms with Gasteiger partial charge in [0, 0.05) is 41.3 Å². The Labute approximate surface area is 234 Å². The van der Waals surface area contributed by atoms with Crippen molar-refractivity contribution in [2.75, 3.05) is 23.8 Å². The number of anilines is 2. The molecule has 10 heteroatoms. The van der Waals surface area contributed by atoms with Crippen LogP contribution in [0.1, 0.15) is 75.8 Å². The van der Waals surface area contributed by atoms with Crippen molar-refractivity contribution in [1.82, 2.24) is 24.5 Å². The van der Waals surface area contributed by atoms with Gasteiger partial charge in [-0.3, -0.25) is 0 Å². The summed E-state index contributed by atoms with van der Waals surface area (Å²) in [5, 5.41) is 7.31. The van der Waals surface area contributed by atoms with Gasteiger partial charge in [0.25, 0.3) is 0 Å². The summed E-state index contributed by atoms with van der Waals surface area (Å²) in [4.78, 5) is 14.7. The zero-order valence-electron chi connectivity index (χ0n) is 21.9. The smallest absolute Gasteiger partial charge is 0.227 e. The molecule has 0 unspecified atom stereocenters. The summed E-state index contributed by atoms with van der Waals surface area (Å²) < 4.78 is 2.28. The van der Waals surface area contributed by atoms with Gasteiger partial charge in [0.15, 0.2) is 17.0 Å². The Morgan fingerprint density at radius 2 is 1.61 bits per heavy atom. The highest BCUT2D eigenvalue weighted by molar-refractivity contribution is 6.34. The van der Waals surface area contributed by atoms with E-state index in [1.165, 1.54) is 31.2 Å². The minimum Gasteiger partial charge on any atom is -0.351 e. The molecule has 2 saturated carbocycles. The maximum Gasteiger partial charge on any atom is 0.227 e. The highest BCUT2D eigenvalue weighted by atomic mass is 35.5. The number of imidazole rings is 1. The maximum atomic E-state index is 6.22. The third-order valence-electron chi connectivity index (χ3n) is 8.57. The van der Waals surface area contributed by atoms with E-state index in [4.69, 9.17) is 43.9 Å². The number of hydrazine groups is 1. The second kappa shape index (κ2) is 11.5. The summed E-state index contributed by atoms with van der Waals surface area (Å²) in [6.07, 6.45) is 14.3. The SMILES string of the molecule is NC1CCC(Nc2nc(NN3CCC(Cc4cc(Cl)cc(Cl)c4)CC3)c3ncn(C4CCCC4)c3n2)CC1. The van der Waals surface area contributed by atoms with E-state index in [-0.39, 0.29) is 0 Å². The molecule has 38 heavy (non-hydrogen) atoms. The lowest BCUT2D eigenvalue weighted by atomic mass is 9.91. The topological polar surface area (TPSA) is 96.9 Å². The molecule has 1 saturated heterocycles. The minimum absolute atomic E-state index is 0.316. The van der Waals surface area contributed by atoms with Gasteiger partial charge in [-0.05, 0) is 87.5 Å². The van der Waals surface area contributed by atoms with Gasteiger partial charge in [-0.1, -0.05) is 36.0 Å². The van der Waals surface area contributed by atoms with Crippen LogP contribution in [-0.2, 0) is 6.42 Å². The summed E-state index contributed by atoms with van der Waals surface area (Å²) in [7, 11) is 0. The zero-order valence-corrected chi connectivity index (χ0v) is 23.4. The molecule has 3 heterocycles. The summed E-state index contributed by atoms with van der Waals surface area (Å²) in [5.74, 6) is 2.08. The molecule has 3 aliphatic rings. The van der Waals surface area contributed by atoms with Gasteiger partial charge in [0.2, 0.25) is 5.95 Å². The lowest BCUT2D eigenvalue weighted by Gasteiger charge is -2.32. The van der Waals surface area contributed by atoms with Crippen molar-refractivity contribution in [2.24, 2.45) is 11.7 Å². The number of nitrogens with zero attached hydrogens (tertiary/aromatic N) is 5. The first-order valence-electron chi connectivity index (χ1n) is 14.2. The van der Waals surface area contributed by atoms with Crippen molar-refractivity contribution >= 4 is 46.1 Å². The Balaban J connectivity index is 1.17. The van der Waals surface area contributed by atoms with Crippen molar-refractivity contribution in [1.29, 1.82) is 0 Å². The predicted molar refractivity (Wildman–Crippen MR) is 155 cm³/mol. The fourth-order valence-corrected chi connectivity index (χ4v) is 6.99. The first-order valence-corrected chi connectivity index (χ1v) is 15.0. The number of halogens is 2. The van der Waals surface area contributed by atoms with Crippen LogP contribution >= 0.6 is 23.2 Å². The second-order valence-electron chi connectivity index (χ2n) is 11.4. The van der Waals surface area contributed by atoms with E-state index in [1.54, 1.807) is 6.07 Å². The predicted octanol–water partition coefficient (Wildman–Crippen LogP) is 6.21. The molecule has 2 aromatic heterocycles. The molecule has 0 bridgehead atoms. The van der Waals surface area contributed by atoms with Crippen molar-refractivity contribution in [3.8, 4) is 0 Å². The van der Waals surface area contributed by atoms with Gasteiger partial charge in [-0.2, -0.15) is 9.97 Å². The number of nitrogens with two attached hydrogens (primary N) is 1. The number of fused-ring (bicyclic) bond motifs is 1. The van der Waals surface area contributed by atoms with Crippen LogP contribution in [-0.4, -0.2) is 49.7 Å². The molecule has 1 aromatic carbocycles. The van der Waals surface area contributed by atoms with Crippen molar-refractivity contribution < 1.29 is 0 Å². The van der Waals surface area contributed by atoms with E-state index in [0.29, 0.717) is 40.0 Å². The molecule has 8 nitrogen and oxygen atoms in total. The molecule has 1 aliphatic heterocycles. The van der Waals surface area contributed by atoms with Crippen LogP contribution in [0.3, 0.4) is 0 Å². The van der Waals surface area contributed by atoms with E-state index in [0.717, 1.165) is 75.0 Å². The molecule has 0 amide bonds. The third kappa shape index (κ3) is 6.03. The van der Waals surface area contributed by atoms with Gasteiger partial charge >= 0.3 is 0 Å². The van der Waals surface area contributed by atoms with Crippen molar-refractivity contribution in [2.45, 2.75) is 88.8 Å². The van der Waals surface area contributed by atoms with Gasteiger partial charge in [0.1, 0.15) is 0 Å². The van der Waals surface area contributed by atoms with Crippen LogP contribution in [0.5, 0.6) is 0 Å². The molecule has 204 valence electrons. The lowest BCUT2D eigenvalue weighted by Crippen LogP contribution is -2.39. The quantitative estimate of drug-likeness (QED) is 0.318. The third-order valence-corrected chi connectivity index (χ3v) is 9.01. The maximum absolute atomic E-state index is 6.22. The van der Waals surface area contributed by atoms with E-state index >= 15 is 0 Å². The molecule has 3 fully saturated rings. The Bertz CT molecular complexity index is 1220. The second-order valence-corrected chi connectivity index (χ2v) is 12.3. The zero-order chi connectivity index (χ0) is 26.1. The molecule has 3 aromatic rings. The van der Waals surface area contributed by atoms with Crippen molar-refractivity contribution in [3.63, 3.8) is 0 Å². The number of hydrogen-bond donors (Lipinski definition) is 3. The highest BCUT2D eigenvalue weighted by Crippen LogP contribution is 2.34.